The Morgan fingerprint density at radius 2 is 1.60 bits per heavy atom. The number of hydrogen-bond acceptors (Lipinski definition) is 9. The topological polar surface area (TPSA) is 150 Å². The van der Waals surface area contributed by atoms with Crippen LogP contribution in [0.25, 0.3) is 0 Å². The molecule has 0 bridgehead atoms. The van der Waals surface area contributed by atoms with Gasteiger partial charge in [0.05, 0.1) is 31.4 Å². The van der Waals surface area contributed by atoms with Crippen LogP contribution in [0, 0.1) is 5.92 Å². The molecule has 5 rings (SSSR count). The lowest BCUT2D eigenvalue weighted by molar-refractivity contribution is -0.128. The van der Waals surface area contributed by atoms with Crippen molar-refractivity contribution in [3.05, 3.63) is 101 Å². The van der Waals surface area contributed by atoms with E-state index in [2.05, 4.69) is 15.5 Å². The average Bonchev–Trinajstić information content (AvgIpc) is 3.32. The van der Waals surface area contributed by atoms with Crippen molar-refractivity contribution in [1.29, 1.82) is 0 Å². The quantitative estimate of drug-likeness (QED) is 0.171. The Bertz CT molecular complexity index is 1540. The summed E-state index contributed by atoms with van der Waals surface area (Å²) in [5.41, 5.74) is 2.19. The highest BCUT2D eigenvalue weighted by molar-refractivity contribution is 5.80. The number of benzene rings is 3. The van der Waals surface area contributed by atoms with Crippen molar-refractivity contribution in [2.75, 3.05) is 39.5 Å². The molecule has 50 heavy (non-hydrogen) atoms. The zero-order valence-electron chi connectivity index (χ0n) is 29.2. The number of ether oxygens (including phenoxy) is 3. The maximum absolute atomic E-state index is 14.1. The molecule has 270 valence electrons. The molecule has 1 fully saturated rings. The fourth-order valence-electron chi connectivity index (χ4n) is 6.56. The van der Waals surface area contributed by atoms with Crippen molar-refractivity contribution in [1.82, 2.24) is 15.5 Å². The number of carbonyl (C=O) groups excluding carboxylic acids is 2. The molecule has 1 saturated heterocycles. The number of amides is 2. The maximum atomic E-state index is 14.1. The van der Waals surface area contributed by atoms with Crippen LogP contribution in [0.3, 0.4) is 0 Å². The number of aliphatic hydroxyl groups is 3. The molecule has 0 radical (unpaired) electrons. The van der Waals surface area contributed by atoms with Gasteiger partial charge in [-0.15, -0.1) is 0 Å². The van der Waals surface area contributed by atoms with Crippen molar-refractivity contribution in [3.8, 4) is 5.75 Å². The number of nitrogens with zero attached hydrogens (tertiary/aromatic N) is 1. The minimum absolute atomic E-state index is 0.00569. The van der Waals surface area contributed by atoms with Crippen molar-refractivity contribution in [2.45, 2.75) is 76.0 Å². The molecule has 2 amide bonds. The monoisotopic (exact) mass is 689 g/mol. The van der Waals surface area contributed by atoms with Crippen LogP contribution in [0.2, 0.25) is 0 Å². The maximum Gasteiger partial charge on any atom is 0.407 e. The normalized spacial score (nSPS) is 21.0. The van der Waals surface area contributed by atoms with Crippen LogP contribution in [-0.4, -0.2) is 95.5 Å². The fraction of sp³-hybridized carbons (Fsp3) is 0.487. The van der Waals surface area contributed by atoms with E-state index >= 15 is 0 Å². The van der Waals surface area contributed by atoms with Gasteiger partial charge in [0.1, 0.15) is 30.2 Å². The molecular weight excluding hydrogens is 638 g/mol. The molecular formula is C39H51N3O8. The first-order valence-corrected chi connectivity index (χ1v) is 17.5. The number of fused-ring (bicyclic) bond motifs is 1. The van der Waals surface area contributed by atoms with Gasteiger partial charge in [0.2, 0.25) is 5.91 Å². The standard InChI is InChI=1S/C39H51N3O8/c1-39(2,3)50-38(47)40-32(24-26-10-5-4-6-11-26)33(43)25-28(37(46)41-34-30-14-7-8-15-31(30)35(44)36(34)45)22-27-12-9-13-29(23-27)49-21-18-42-16-19-48-20-17-42/h4-15,23,28,32-36,43-45H,16-22,24-25H2,1-3H3,(H,40,47)(H,41,46)/t28-,32+,33+,34+,35-,36+/m1/s1. The molecule has 3 aromatic carbocycles. The van der Waals surface area contributed by atoms with E-state index in [1.165, 1.54) is 0 Å². The lowest BCUT2D eigenvalue weighted by Gasteiger charge is -2.30. The Morgan fingerprint density at radius 3 is 2.32 bits per heavy atom. The smallest absolute Gasteiger partial charge is 0.407 e. The van der Waals surface area contributed by atoms with E-state index < -0.39 is 53.9 Å². The number of alkyl carbamates (subject to hydrolysis) is 1. The Labute approximate surface area is 294 Å². The average molecular weight is 690 g/mol. The van der Waals surface area contributed by atoms with Gasteiger partial charge in [-0.25, -0.2) is 4.79 Å². The van der Waals surface area contributed by atoms with Gasteiger partial charge >= 0.3 is 6.09 Å². The summed E-state index contributed by atoms with van der Waals surface area (Å²) < 4.78 is 17.0. The van der Waals surface area contributed by atoms with Crippen LogP contribution in [0.1, 0.15) is 61.6 Å². The Balaban J connectivity index is 1.35. The van der Waals surface area contributed by atoms with Crippen LogP contribution in [0.15, 0.2) is 78.9 Å². The van der Waals surface area contributed by atoms with Gasteiger partial charge in [0.15, 0.2) is 0 Å². The predicted octanol–water partition coefficient (Wildman–Crippen LogP) is 3.71. The lowest BCUT2D eigenvalue weighted by atomic mass is 9.88. The minimum atomic E-state index is -1.23. The molecule has 11 nitrogen and oxygen atoms in total. The Morgan fingerprint density at radius 1 is 0.920 bits per heavy atom. The highest BCUT2D eigenvalue weighted by Crippen LogP contribution is 2.39. The first-order chi connectivity index (χ1) is 24.0. The highest BCUT2D eigenvalue weighted by atomic mass is 16.6. The van der Waals surface area contributed by atoms with Crippen molar-refractivity contribution < 1.29 is 39.1 Å². The zero-order valence-corrected chi connectivity index (χ0v) is 29.2. The number of morpholine rings is 1. The molecule has 1 heterocycles. The summed E-state index contributed by atoms with van der Waals surface area (Å²) in [6, 6.07) is 22.5. The summed E-state index contributed by atoms with van der Waals surface area (Å²) in [7, 11) is 0. The molecule has 0 aromatic heterocycles. The third-order valence-electron chi connectivity index (χ3n) is 9.13. The summed E-state index contributed by atoms with van der Waals surface area (Å²) in [5.74, 6) is -0.497. The number of rotatable bonds is 14. The second-order valence-corrected chi connectivity index (χ2v) is 14.1. The van der Waals surface area contributed by atoms with Crippen molar-refractivity contribution >= 4 is 12.0 Å². The van der Waals surface area contributed by atoms with Gasteiger partial charge in [-0.2, -0.15) is 0 Å². The second kappa shape index (κ2) is 17.3. The van der Waals surface area contributed by atoms with E-state index in [0.717, 1.165) is 30.8 Å². The van der Waals surface area contributed by atoms with Gasteiger partial charge in [0, 0.05) is 25.6 Å². The van der Waals surface area contributed by atoms with Crippen LogP contribution in [0.5, 0.6) is 5.75 Å². The SMILES string of the molecule is CC(C)(C)OC(=O)N[C@@H](Cc1ccccc1)[C@@H](O)C[C@@H](Cc1cccc(OCCN2CCOCC2)c1)C(=O)N[C@H]1c2ccccc2[C@@H](O)[C@H]1O. The second-order valence-electron chi connectivity index (χ2n) is 14.1. The van der Waals surface area contributed by atoms with Crippen LogP contribution in [0.4, 0.5) is 4.79 Å². The van der Waals surface area contributed by atoms with Gasteiger partial charge in [-0.05, 0) is 74.4 Å². The van der Waals surface area contributed by atoms with E-state index in [4.69, 9.17) is 14.2 Å². The molecule has 1 aliphatic carbocycles. The molecule has 0 spiro atoms. The fourth-order valence-corrected chi connectivity index (χ4v) is 6.56. The molecule has 2 aliphatic rings. The number of carbonyl (C=O) groups is 2. The molecule has 0 saturated carbocycles. The first kappa shape index (κ1) is 37.3. The Hall–Kier alpha value is -4.00. The number of nitrogens with one attached hydrogen (secondary N) is 2. The third kappa shape index (κ3) is 10.5. The first-order valence-electron chi connectivity index (χ1n) is 17.5. The summed E-state index contributed by atoms with van der Waals surface area (Å²) in [6.45, 7) is 9.74. The number of aliphatic hydroxyl groups excluding tert-OH is 3. The van der Waals surface area contributed by atoms with E-state index in [1.54, 1.807) is 45.0 Å². The van der Waals surface area contributed by atoms with Gasteiger partial charge in [-0.1, -0.05) is 66.7 Å². The van der Waals surface area contributed by atoms with Gasteiger partial charge in [0.25, 0.3) is 0 Å². The van der Waals surface area contributed by atoms with E-state index in [0.29, 0.717) is 43.1 Å². The third-order valence-corrected chi connectivity index (χ3v) is 9.13. The van der Waals surface area contributed by atoms with Gasteiger partial charge < -0.3 is 40.2 Å². The van der Waals surface area contributed by atoms with Gasteiger partial charge in [-0.3, -0.25) is 9.69 Å². The number of hydrogen-bond donors (Lipinski definition) is 5. The predicted molar refractivity (Wildman–Crippen MR) is 189 cm³/mol. The molecule has 3 aromatic rings. The molecule has 6 atom stereocenters. The molecule has 0 unspecified atom stereocenters. The summed E-state index contributed by atoms with van der Waals surface area (Å²) in [5, 5.41) is 39.2. The van der Waals surface area contributed by atoms with Crippen molar-refractivity contribution in [2.24, 2.45) is 5.92 Å². The Kier molecular flexibility index (Phi) is 12.9. The highest BCUT2D eigenvalue weighted by Gasteiger charge is 2.40. The largest absolute Gasteiger partial charge is 0.492 e. The zero-order chi connectivity index (χ0) is 35.7. The van der Waals surface area contributed by atoms with E-state index in [-0.39, 0.29) is 12.8 Å². The lowest BCUT2D eigenvalue weighted by Crippen LogP contribution is -2.48. The van der Waals surface area contributed by atoms with Crippen molar-refractivity contribution in [3.63, 3.8) is 0 Å². The molecule has 5 N–H and O–H groups in total. The van der Waals surface area contributed by atoms with E-state index in [9.17, 15) is 24.9 Å². The molecule has 1 aliphatic heterocycles. The van der Waals surface area contributed by atoms with Crippen LogP contribution < -0.4 is 15.4 Å². The minimum Gasteiger partial charge on any atom is -0.492 e. The molecule has 11 heteroatoms. The summed E-state index contributed by atoms with van der Waals surface area (Å²) in [6.07, 6.45) is -3.62. The summed E-state index contributed by atoms with van der Waals surface area (Å²) >= 11 is 0. The van der Waals surface area contributed by atoms with Crippen LogP contribution in [-0.2, 0) is 27.1 Å². The van der Waals surface area contributed by atoms with E-state index in [1.807, 2.05) is 54.6 Å². The summed E-state index contributed by atoms with van der Waals surface area (Å²) in [4.78, 5) is 29.4. The van der Waals surface area contributed by atoms with Crippen LogP contribution >= 0.6 is 0 Å².